The van der Waals surface area contributed by atoms with Crippen LogP contribution < -0.4 is 5.32 Å². The van der Waals surface area contributed by atoms with Crippen LogP contribution in [-0.4, -0.2) is 19.9 Å². The fourth-order valence-corrected chi connectivity index (χ4v) is 1.97. The van der Waals surface area contributed by atoms with Gasteiger partial charge in [-0.3, -0.25) is 4.79 Å². The van der Waals surface area contributed by atoms with Gasteiger partial charge < -0.3 is 5.32 Å². The second-order valence-corrected chi connectivity index (χ2v) is 4.74. The largest absolute Gasteiger partial charge is 0.319 e. The zero-order valence-corrected chi connectivity index (χ0v) is 12.1. The first kappa shape index (κ1) is 15.4. The van der Waals surface area contributed by atoms with Crippen molar-refractivity contribution in [2.45, 2.75) is 26.7 Å². The molecular formula is C17H23NO. The lowest BCUT2D eigenvalue weighted by molar-refractivity contribution is 0.112. The van der Waals surface area contributed by atoms with E-state index in [1.54, 1.807) is 0 Å². The second kappa shape index (κ2) is 8.44. The van der Waals surface area contributed by atoms with E-state index in [0.29, 0.717) is 0 Å². The Balaban J connectivity index is 2.66. The molecule has 0 saturated carbocycles. The van der Waals surface area contributed by atoms with Gasteiger partial charge in [0.15, 0.2) is 0 Å². The number of aldehydes is 1. The lowest BCUT2D eigenvalue weighted by atomic mass is 10.0. The van der Waals surface area contributed by atoms with Crippen molar-refractivity contribution in [1.29, 1.82) is 0 Å². The summed E-state index contributed by atoms with van der Waals surface area (Å²) in [5.74, 6) is 0. The van der Waals surface area contributed by atoms with Crippen molar-refractivity contribution in [3.63, 3.8) is 0 Å². The number of benzene rings is 1. The number of rotatable bonds is 7. The molecule has 0 saturated heterocycles. The molecule has 0 bridgehead atoms. The van der Waals surface area contributed by atoms with Crippen molar-refractivity contribution >= 4 is 6.29 Å². The Kier molecular flexibility index (Phi) is 6.83. The molecule has 19 heavy (non-hydrogen) atoms. The van der Waals surface area contributed by atoms with E-state index in [1.807, 2.05) is 31.3 Å². The van der Waals surface area contributed by atoms with Crippen molar-refractivity contribution < 1.29 is 4.79 Å². The van der Waals surface area contributed by atoms with Crippen LogP contribution in [0.15, 0.2) is 47.6 Å². The number of hydrogen-bond donors (Lipinski definition) is 1. The van der Waals surface area contributed by atoms with E-state index in [-0.39, 0.29) is 0 Å². The van der Waals surface area contributed by atoms with E-state index < -0.39 is 0 Å². The normalized spacial score (nSPS) is 12.6. The molecule has 1 N–H and O–H groups in total. The summed E-state index contributed by atoms with van der Waals surface area (Å²) in [5.41, 5.74) is 4.66. The predicted molar refractivity (Wildman–Crippen MR) is 81.6 cm³/mol. The van der Waals surface area contributed by atoms with Gasteiger partial charge in [-0.15, -0.1) is 0 Å². The summed E-state index contributed by atoms with van der Waals surface area (Å²) in [6.45, 7) is 5.22. The molecule has 0 heterocycles. The smallest absolute Gasteiger partial charge is 0.150 e. The fraction of sp³-hybridized carbons (Fsp3) is 0.353. The van der Waals surface area contributed by atoms with Crippen LogP contribution >= 0.6 is 0 Å². The average molecular weight is 257 g/mol. The minimum Gasteiger partial charge on any atom is -0.319 e. The topological polar surface area (TPSA) is 29.1 Å². The summed E-state index contributed by atoms with van der Waals surface area (Å²) < 4.78 is 0. The average Bonchev–Trinajstić information content (AvgIpc) is 2.44. The maximum Gasteiger partial charge on any atom is 0.150 e. The summed E-state index contributed by atoms with van der Waals surface area (Å²) in [6.07, 6.45) is 7.27. The number of carbonyl (C=O) groups is 1. The van der Waals surface area contributed by atoms with E-state index >= 15 is 0 Å². The molecule has 0 unspecified atom stereocenters. The van der Waals surface area contributed by atoms with E-state index in [0.717, 1.165) is 31.2 Å². The molecule has 1 aromatic carbocycles. The highest BCUT2D eigenvalue weighted by atomic mass is 16.1. The molecule has 0 aliphatic carbocycles. The van der Waals surface area contributed by atoms with Gasteiger partial charge in [0.25, 0.3) is 0 Å². The first-order valence-electron chi connectivity index (χ1n) is 6.70. The monoisotopic (exact) mass is 257 g/mol. The molecule has 102 valence electrons. The molecule has 0 amide bonds. The highest BCUT2D eigenvalue weighted by Crippen LogP contribution is 2.12. The summed E-state index contributed by atoms with van der Waals surface area (Å²) in [7, 11) is 1.97. The molecule has 2 nitrogen and oxygen atoms in total. The molecule has 0 aliphatic rings. The molecule has 2 heteroatoms. The highest BCUT2D eigenvalue weighted by molar-refractivity contribution is 5.74. The molecule has 1 aromatic rings. The Hall–Kier alpha value is -1.67. The second-order valence-electron chi connectivity index (χ2n) is 4.74. The lowest BCUT2D eigenvalue weighted by Gasteiger charge is -2.06. The Labute approximate surface area is 116 Å². The quantitative estimate of drug-likeness (QED) is 0.598. The van der Waals surface area contributed by atoms with Crippen molar-refractivity contribution in [3.05, 3.63) is 58.7 Å². The predicted octanol–water partition coefficient (Wildman–Crippen LogP) is 3.54. The standard InChI is InChI=1S/C17H23NO/c1-4-15(9-10-18-3)11-14(2)12-16-5-7-17(13-19)8-6-16/h4-8,11,13,18H,9-10,12H2,1-3H3/b14-11+,15-4-. The van der Waals surface area contributed by atoms with Gasteiger partial charge in [0, 0.05) is 5.56 Å². The zero-order chi connectivity index (χ0) is 14.1. The highest BCUT2D eigenvalue weighted by Gasteiger charge is 1.98. The first-order chi connectivity index (χ1) is 9.19. The van der Waals surface area contributed by atoms with Gasteiger partial charge in [0.05, 0.1) is 0 Å². The third kappa shape index (κ3) is 5.66. The minimum atomic E-state index is 0.730. The van der Waals surface area contributed by atoms with Crippen molar-refractivity contribution in [2.24, 2.45) is 0 Å². The van der Waals surface area contributed by atoms with Crippen LogP contribution in [0.2, 0.25) is 0 Å². The van der Waals surface area contributed by atoms with Gasteiger partial charge in [0.2, 0.25) is 0 Å². The van der Waals surface area contributed by atoms with Crippen molar-refractivity contribution in [1.82, 2.24) is 5.32 Å². The van der Waals surface area contributed by atoms with E-state index in [9.17, 15) is 4.79 Å². The van der Waals surface area contributed by atoms with Gasteiger partial charge in [-0.05, 0) is 45.8 Å². The number of carbonyl (C=O) groups excluding carboxylic acids is 1. The molecule has 0 aliphatic heterocycles. The van der Waals surface area contributed by atoms with Gasteiger partial charge in [-0.2, -0.15) is 0 Å². The molecule has 0 radical (unpaired) electrons. The third-order valence-electron chi connectivity index (χ3n) is 3.07. The summed E-state index contributed by atoms with van der Waals surface area (Å²) in [6, 6.07) is 7.77. The number of nitrogens with one attached hydrogen (secondary N) is 1. The minimum absolute atomic E-state index is 0.730. The lowest BCUT2D eigenvalue weighted by Crippen LogP contribution is -2.07. The number of allylic oxidation sites excluding steroid dienone is 3. The van der Waals surface area contributed by atoms with Gasteiger partial charge in [-0.1, -0.05) is 47.6 Å². The Morgan fingerprint density at radius 1 is 1.26 bits per heavy atom. The SMILES string of the molecule is C/C=C(\C=C(/C)Cc1ccc(C=O)cc1)CCNC. The van der Waals surface area contributed by atoms with E-state index in [2.05, 4.69) is 31.3 Å². The number of hydrogen-bond acceptors (Lipinski definition) is 2. The molecule has 0 fully saturated rings. The van der Waals surface area contributed by atoms with Crippen LogP contribution in [0.3, 0.4) is 0 Å². The van der Waals surface area contributed by atoms with E-state index in [1.165, 1.54) is 16.7 Å². The summed E-state index contributed by atoms with van der Waals surface area (Å²) >= 11 is 0. The Morgan fingerprint density at radius 3 is 2.47 bits per heavy atom. The maximum atomic E-state index is 10.6. The molecule has 0 atom stereocenters. The van der Waals surface area contributed by atoms with Gasteiger partial charge in [0.1, 0.15) is 6.29 Å². The van der Waals surface area contributed by atoms with Crippen LogP contribution in [0.1, 0.15) is 36.2 Å². The first-order valence-corrected chi connectivity index (χ1v) is 6.70. The van der Waals surface area contributed by atoms with Crippen LogP contribution in [-0.2, 0) is 6.42 Å². The Morgan fingerprint density at radius 2 is 1.95 bits per heavy atom. The molecule has 0 aromatic heterocycles. The maximum absolute atomic E-state index is 10.6. The van der Waals surface area contributed by atoms with Crippen molar-refractivity contribution in [2.75, 3.05) is 13.6 Å². The van der Waals surface area contributed by atoms with Crippen LogP contribution in [0, 0.1) is 0 Å². The molecule has 1 rings (SSSR count). The zero-order valence-electron chi connectivity index (χ0n) is 12.1. The molecular weight excluding hydrogens is 234 g/mol. The summed E-state index contributed by atoms with van der Waals surface area (Å²) in [4.78, 5) is 10.6. The summed E-state index contributed by atoms with van der Waals surface area (Å²) in [5, 5.41) is 3.16. The van der Waals surface area contributed by atoms with E-state index in [4.69, 9.17) is 0 Å². The molecule has 0 spiro atoms. The Bertz CT molecular complexity index is 455. The van der Waals surface area contributed by atoms with Gasteiger partial charge >= 0.3 is 0 Å². The van der Waals surface area contributed by atoms with Crippen LogP contribution in [0.5, 0.6) is 0 Å². The van der Waals surface area contributed by atoms with Gasteiger partial charge in [-0.25, -0.2) is 0 Å². The van der Waals surface area contributed by atoms with Crippen LogP contribution in [0.25, 0.3) is 0 Å². The fourth-order valence-electron chi connectivity index (χ4n) is 1.97. The third-order valence-corrected chi connectivity index (χ3v) is 3.07. The van der Waals surface area contributed by atoms with Crippen LogP contribution in [0.4, 0.5) is 0 Å². The van der Waals surface area contributed by atoms with Crippen molar-refractivity contribution in [3.8, 4) is 0 Å².